The highest BCUT2D eigenvalue weighted by molar-refractivity contribution is 5.78. The van der Waals surface area contributed by atoms with Crippen LogP contribution in [0.2, 0.25) is 0 Å². The maximum atomic E-state index is 12.8. The number of hydrogen-bond acceptors (Lipinski definition) is 4. The highest BCUT2D eigenvalue weighted by Crippen LogP contribution is 2.40. The van der Waals surface area contributed by atoms with Crippen LogP contribution in [-0.2, 0) is 16.1 Å². The number of carbonyl (C=O) groups is 2. The summed E-state index contributed by atoms with van der Waals surface area (Å²) in [4.78, 5) is 37.3. The van der Waals surface area contributed by atoms with Crippen LogP contribution < -0.4 is 0 Å². The number of imidazole rings is 1. The maximum Gasteiger partial charge on any atom is 0.224 e. The van der Waals surface area contributed by atoms with Crippen LogP contribution >= 0.6 is 0 Å². The molecule has 0 radical (unpaired) electrons. The van der Waals surface area contributed by atoms with Crippen LogP contribution in [0.5, 0.6) is 0 Å². The molecule has 2 aromatic rings. The number of hydrogen-bond donors (Lipinski definition) is 0. The minimum Gasteiger partial charge on any atom is -0.343 e. The zero-order valence-electron chi connectivity index (χ0n) is 17.0. The fraction of sp³-hybridized carbons (Fsp3) is 0.545. The average Bonchev–Trinajstić information content (AvgIpc) is 3.27. The highest BCUT2D eigenvalue weighted by Gasteiger charge is 2.41. The summed E-state index contributed by atoms with van der Waals surface area (Å²) in [6.07, 6.45) is 12.9. The minimum atomic E-state index is 0.115. The quantitative estimate of drug-likeness (QED) is 0.780. The lowest BCUT2D eigenvalue weighted by Crippen LogP contribution is -2.52. The number of amides is 2. The molecule has 2 aliphatic rings. The second kappa shape index (κ2) is 8.35. The molecule has 0 N–H and O–H groups in total. The van der Waals surface area contributed by atoms with Crippen molar-refractivity contribution in [2.24, 2.45) is 5.41 Å². The van der Waals surface area contributed by atoms with E-state index in [9.17, 15) is 9.59 Å². The molecule has 2 aromatic heterocycles. The Morgan fingerprint density at radius 1 is 1.14 bits per heavy atom. The van der Waals surface area contributed by atoms with Crippen molar-refractivity contribution in [3.05, 3.63) is 48.8 Å². The molecule has 1 spiro atoms. The Bertz CT molecular complexity index is 828. The van der Waals surface area contributed by atoms with E-state index in [0.29, 0.717) is 19.4 Å². The monoisotopic (exact) mass is 395 g/mol. The number of nitrogens with zero attached hydrogens (tertiary/aromatic N) is 5. The van der Waals surface area contributed by atoms with Crippen molar-refractivity contribution in [3.8, 4) is 0 Å². The molecule has 29 heavy (non-hydrogen) atoms. The van der Waals surface area contributed by atoms with Gasteiger partial charge in [-0.15, -0.1) is 0 Å². The van der Waals surface area contributed by atoms with Gasteiger partial charge in [-0.3, -0.25) is 14.6 Å². The fourth-order valence-electron chi connectivity index (χ4n) is 4.61. The van der Waals surface area contributed by atoms with Gasteiger partial charge in [0.2, 0.25) is 11.8 Å². The summed E-state index contributed by atoms with van der Waals surface area (Å²) in [5.74, 6) is 0.446. The second-order valence-electron chi connectivity index (χ2n) is 8.55. The summed E-state index contributed by atoms with van der Waals surface area (Å²) in [5.41, 5.74) is 1.26. The van der Waals surface area contributed by atoms with E-state index in [0.717, 1.165) is 44.5 Å². The number of pyridine rings is 1. The molecule has 2 amide bonds. The van der Waals surface area contributed by atoms with Crippen LogP contribution in [0, 0.1) is 5.41 Å². The van der Waals surface area contributed by atoms with Crippen LogP contribution in [0.15, 0.2) is 43.2 Å². The van der Waals surface area contributed by atoms with Crippen LogP contribution in [0.3, 0.4) is 0 Å². The lowest BCUT2D eigenvalue weighted by molar-refractivity contribution is -0.143. The van der Waals surface area contributed by atoms with Crippen molar-refractivity contribution in [2.45, 2.75) is 51.6 Å². The molecule has 0 saturated carbocycles. The number of rotatable bonds is 5. The Hall–Kier alpha value is -2.70. The Labute approximate surface area is 171 Å². The van der Waals surface area contributed by atoms with E-state index in [2.05, 4.69) is 16.9 Å². The largest absolute Gasteiger partial charge is 0.343 e. The first-order valence-electron chi connectivity index (χ1n) is 10.5. The molecule has 4 rings (SSSR count). The molecule has 4 heterocycles. The van der Waals surface area contributed by atoms with Gasteiger partial charge in [0.15, 0.2) is 0 Å². The van der Waals surface area contributed by atoms with E-state index in [-0.39, 0.29) is 23.3 Å². The van der Waals surface area contributed by atoms with Crippen molar-refractivity contribution < 1.29 is 9.59 Å². The molecule has 0 aliphatic carbocycles. The molecule has 154 valence electrons. The van der Waals surface area contributed by atoms with Gasteiger partial charge in [-0.2, -0.15) is 0 Å². The molecular weight excluding hydrogens is 366 g/mol. The standard InChI is InChI=1S/C22H29N5O2/c1-18(26-13-10-24-17-26)14-21(29)25-11-6-22(7-12-25)5-2-20(28)27(16-22)15-19-3-8-23-9-4-19/h3-4,8-10,13,17-18H,2,5-7,11-12,14-16H2,1H3/t18-/m0/s1. The highest BCUT2D eigenvalue weighted by atomic mass is 16.2. The van der Waals surface area contributed by atoms with Crippen LogP contribution in [0.4, 0.5) is 0 Å². The number of likely N-dealkylation sites (tertiary alicyclic amines) is 2. The third-order valence-electron chi connectivity index (χ3n) is 6.55. The zero-order chi connectivity index (χ0) is 20.3. The fourth-order valence-corrected chi connectivity index (χ4v) is 4.61. The van der Waals surface area contributed by atoms with Gasteiger partial charge in [0.1, 0.15) is 0 Å². The maximum absolute atomic E-state index is 12.8. The van der Waals surface area contributed by atoms with Gasteiger partial charge in [-0.05, 0) is 49.3 Å². The molecule has 2 saturated heterocycles. The molecule has 7 heteroatoms. The lowest BCUT2D eigenvalue weighted by atomic mass is 9.72. The number of aromatic nitrogens is 3. The van der Waals surface area contributed by atoms with E-state index in [1.54, 1.807) is 24.9 Å². The molecule has 7 nitrogen and oxygen atoms in total. The summed E-state index contributed by atoms with van der Waals surface area (Å²) in [5, 5.41) is 0. The van der Waals surface area contributed by atoms with Crippen molar-refractivity contribution in [3.63, 3.8) is 0 Å². The second-order valence-corrected chi connectivity index (χ2v) is 8.55. The predicted octanol–water partition coefficient (Wildman–Crippen LogP) is 2.66. The van der Waals surface area contributed by atoms with Crippen molar-refractivity contribution in [1.82, 2.24) is 24.3 Å². The summed E-state index contributed by atoms with van der Waals surface area (Å²) in [7, 11) is 0. The molecule has 0 unspecified atom stereocenters. The molecule has 0 aromatic carbocycles. The minimum absolute atomic E-state index is 0.115. The van der Waals surface area contributed by atoms with E-state index in [4.69, 9.17) is 0 Å². The molecule has 0 bridgehead atoms. The van der Waals surface area contributed by atoms with Gasteiger partial charge in [0, 0.05) is 69.8 Å². The van der Waals surface area contributed by atoms with Crippen LogP contribution in [-0.4, -0.2) is 55.8 Å². The zero-order valence-corrected chi connectivity index (χ0v) is 17.0. The van der Waals surface area contributed by atoms with Crippen molar-refractivity contribution in [2.75, 3.05) is 19.6 Å². The topological polar surface area (TPSA) is 71.3 Å². The first-order valence-corrected chi connectivity index (χ1v) is 10.5. The van der Waals surface area contributed by atoms with Gasteiger partial charge >= 0.3 is 0 Å². The van der Waals surface area contributed by atoms with Gasteiger partial charge in [0.05, 0.1) is 6.33 Å². The first kappa shape index (κ1) is 19.6. The third-order valence-corrected chi connectivity index (χ3v) is 6.55. The van der Waals surface area contributed by atoms with Gasteiger partial charge < -0.3 is 14.4 Å². The van der Waals surface area contributed by atoms with E-state index >= 15 is 0 Å². The predicted molar refractivity (Wildman–Crippen MR) is 109 cm³/mol. The average molecular weight is 396 g/mol. The molecule has 1 atom stereocenters. The van der Waals surface area contributed by atoms with Crippen LogP contribution in [0.1, 0.15) is 50.6 Å². The summed E-state index contributed by atoms with van der Waals surface area (Å²) < 4.78 is 1.98. The Morgan fingerprint density at radius 2 is 1.90 bits per heavy atom. The normalized spacial score (nSPS) is 20.1. The molecule has 2 fully saturated rings. The van der Waals surface area contributed by atoms with E-state index < -0.39 is 0 Å². The third kappa shape index (κ3) is 4.49. The Kier molecular flexibility index (Phi) is 5.65. The number of carbonyl (C=O) groups excluding carboxylic acids is 2. The van der Waals surface area contributed by atoms with Crippen molar-refractivity contribution in [1.29, 1.82) is 0 Å². The van der Waals surface area contributed by atoms with Crippen LogP contribution in [0.25, 0.3) is 0 Å². The van der Waals surface area contributed by atoms with E-state index in [1.165, 1.54) is 0 Å². The number of piperidine rings is 2. The van der Waals surface area contributed by atoms with E-state index in [1.807, 2.05) is 32.7 Å². The Morgan fingerprint density at radius 3 is 2.59 bits per heavy atom. The lowest BCUT2D eigenvalue weighted by Gasteiger charge is -2.47. The van der Waals surface area contributed by atoms with Gasteiger partial charge in [-0.1, -0.05) is 0 Å². The van der Waals surface area contributed by atoms with Gasteiger partial charge in [0.25, 0.3) is 0 Å². The van der Waals surface area contributed by atoms with Crippen molar-refractivity contribution >= 4 is 11.8 Å². The smallest absolute Gasteiger partial charge is 0.224 e. The summed E-state index contributed by atoms with van der Waals surface area (Å²) in [6.45, 7) is 5.06. The summed E-state index contributed by atoms with van der Waals surface area (Å²) in [6, 6.07) is 4.05. The SMILES string of the molecule is C[C@@H](CC(=O)N1CCC2(CCC(=O)N(Cc3ccncc3)C2)CC1)n1ccnc1. The molecule has 2 aliphatic heterocycles. The molecular formula is C22H29N5O2. The Balaban J connectivity index is 1.33. The van der Waals surface area contributed by atoms with Gasteiger partial charge in [-0.25, -0.2) is 4.98 Å². The first-order chi connectivity index (χ1) is 14.0. The summed E-state index contributed by atoms with van der Waals surface area (Å²) >= 11 is 0.